The first-order valence-electron chi connectivity index (χ1n) is 10.7. The number of likely N-dealkylation sites (tertiary alicyclic amines) is 1. The lowest BCUT2D eigenvalue weighted by Crippen LogP contribution is -2.49. The molecule has 8 heteroatoms. The molecule has 0 spiro atoms. The van der Waals surface area contributed by atoms with Gasteiger partial charge in [0.15, 0.2) is 5.78 Å². The average molecular weight is 438 g/mol. The van der Waals surface area contributed by atoms with Gasteiger partial charge in [0.25, 0.3) is 0 Å². The summed E-state index contributed by atoms with van der Waals surface area (Å²) in [4.78, 5) is 30.4. The monoisotopic (exact) mass is 437 g/mol. The Hall–Kier alpha value is -1.83. The number of piperazine rings is 1. The van der Waals surface area contributed by atoms with Crippen molar-refractivity contribution in [1.29, 1.82) is 0 Å². The number of rotatable bonds is 8. The molecular weight excluding hydrogens is 406 g/mol. The molecule has 7 nitrogen and oxygen atoms in total. The Morgan fingerprint density at radius 1 is 1.17 bits per heavy atom. The Labute approximate surface area is 183 Å². The summed E-state index contributed by atoms with van der Waals surface area (Å²) in [7, 11) is 1.38. The van der Waals surface area contributed by atoms with Gasteiger partial charge in [-0.15, -0.1) is 0 Å². The van der Waals surface area contributed by atoms with Crippen LogP contribution in [0.15, 0.2) is 18.2 Å². The van der Waals surface area contributed by atoms with Gasteiger partial charge in [0.05, 0.1) is 25.3 Å². The van der Waals surface area contributed by atoms with Crippen LogP contribution in [0, 0.1) is 0 Å². The maximum absolute atomic E-state index is 12.6. The van der Waals surface area contributed by atoms with Crippen molar-refractivity contribution in [2.75, 3.05) is 59.5 Å². The Morgan fingerprint density at radius 2 is 1.93 bits per heavy atom. The van der Waals surface area contributed by atoms with Crippen molar-refractivity contribution in [3.63, 3.8) is 0 Å². The molecule has 0 unspecified atom stereocenters. The second-order valence-electron chi connectivity index (χ2n) is 8.03. The fourth-order valence-corrected chi connectivity index (χ4v) is 4.31. The highest BCUT2D eigenvalue weighted by atomic mass is 35.5. The first kappa shape index (κ1) is 22.8. The van der Waals surface area contributed by atoms with Crippen molar-refractivity contribution in [1.82, 2.24) is 14.7 Å². The van der Waals surface area contributed by atoms with E-state index in [0.29, 0.717) is 61.7 Å². The molecular formula is C22H32ClN3O4. The molecule has 166 valence electrons. The Bertz CT molecular complexity index is 737. The highest BCUT2D eigenvalue weighted by Crippen LogP contribution is 2.26. The van der Waals surface area contributed by atoms with E-state index in [0.717, 1.165) is 13.0 Å². The van der Waals surface area contributed by atoms with Crippen LogP contribution in [0.3, 0.4) is 0 Å². The highest BCUT2D eigenvalue weighted by molar-refractivity contribution is 6.32. The molecule has 30 heavy (non-hydrogen) atoms. The highest BCUT2D eigenvalue weighted by Gasteiger charge is 2.23. The first-order chi connectivity index (χ1) is 14.5. The molecule has 0 aromatic heterocycles. The molecule has 0 N–H and O–H groups in total. The summed E-state index contributed by atoms with van der Waals surface area (Å²) >= 11 is 6.36. The quantitative estimate of drug-likeness (QED) is 0.460. The number of carbonyl (C=O) groups is 2. The van der Waals surface area contributed by atoms with Gasteiger partial charge in [0, 0.05) is 44.3 Å². The van der Waals surface area contributed by atoms with Crippen LogP contribution < -0.4 is 4.74 Å². The summed E-state index contributed by atoms with van der Waals surface area (Å²) in [6.45, 7) is 7.82. The number of carbonyl (C=O) groups excluding carboxylic acids is 2. The maximum atomic E-state index is 12.6. The molecule has 0 bridgehead atoms. The third-order valence-corrected chi connectivity index (χ3v) is 6.26. The Morgan fingerprint density at radius 3 is 2.57 bits per heavy atom. The van der Waals surface area contributed by atoms with Crippen LogP contribution in [0.25, 0.3) is 0 Å². The van der Waals surface area contributed by atoms with Crippen molar-refractivity contribution >= 4 is 23.5 Å². The number of hydrogen-bond acceptors (Lipinski definition) is 6. The molecule has 0 saturated carbocycles. The molecule has 0 radical (unpaired) electrons. The maximum Gasteiger partial charge on any atom is 0.409 e. The van der Waals surface area contributed by atoms with Gasteiger partial charge in [-0.1, -0.05) is 11.6 Å². The van der Waals surface area contributed by atoms with Crippen LogP contribution in [0.5, 0.6) is 5.75 Å². The molecule has 2 saturated heterocycles. The third-order valence-electron chi connectivity index (χ3n) is 5.96. The van der Waals surface area contributed by atoms with Crippen molar-refractivity contribution in [2.45, 2.75) is 32.2 Å². The largest absolute Gasteiger partial charge is 0.492 e. The molecule has 1 amide bonds. The number of benzene rings is 1. The van der Waals surface area contributed by atoms with Gasteiger partial charge in [0.1, 0.15) is 5.75 Å². The summed E-state index contributed by atoms with van der Waals surface area (Å²) < 4.78 is 10.6. The van der Waals surface area contributed by atoms with E-state index in [9.17, 15) is 9.59 Å². The zero-order valence-corrected chi connectivity index (χ0v) is 18.7. The first-order valence-corrected chi connectivity index (χ1v) is 11.1. The fourth-order valence-electron chi connectivity index (χ4n) is 4.08. The van der Waals surface area contributed by atoms with Gasteiger partial charge in [-0.3, -0.25) is 9.69 Å². The molecule has 2 fully saturated rings. The van der Waals surface area contributed by atoms with E-state index in [4.69, 9.17) is 21.1 Å². The average Bonchev–Trinajstić information content (AvgIpc) is 3.16. The molecule has 1 aromatic rings. The number of hydrogen-bond donors (Lipinski definition) is 0. The normalized spacial score (nSPS) is 20.4. The van der Waals surface area contributed by atoms with Gasteiger partial charge >= 0.3 is 6.09 Å². The molecule has 3 rings (SSSR count). The summed E-state index contributed by atoms with van der Waals surface area (Å²) in [6.07, 6.45) is 3.20. The number of amides is 1. The van der Waals surface area contributed by atoms with Gasteiger partial charge < -0.3 is 19.3 Å². The molecule has 2 aliphatic heterocycles. The van der Waals surface area contributed by atoms with E-state index in [-0.39, 0.29) is 11.9 Å². The zero-order chi connectivity index (χ0) is 21.5. The van der Waals surface area contributed by atoms with E-state index in [1.54, 1.807) is 23.1 Å². The standard InChI is InChI=1S/C22H32ClN3O4/c1-17-5-3-8-25(17)9-4-14-30-21-7-6-18(15-19(21)23)20(27)16-24-10-12-26(13-11-24)22(28)29-2/h6-7,15,17H,3-5,8-14,16H2,1-2H3/t17-/m1/s1. The number of halogens is 1. The molecule has 2 aliphatic rings. The predicted molar refractivity (Wildman–Crippen MR) is 117 cm³/mol. The van der Waals surface area contributed by atoms with E-state index in [1.165, 1.54) is 26.5 Å². The lowest BCUT2D eigenvalue weighted by Gasteiger charge is -2.33. The lowest BCUT2D eigenvalue weighted by molar-refractivity contribution is 0.0790. The minimum absolute atomic E-state index is 0.0120. The van der Waals surface area contributed by atoms with Crippen molar-refractivity contribution in [2.24, 2.45) is 0 Å². The van der Waals surface area contributed by atoms with E-state index < -0.39 is 0 Å². The predicted octanol–water partition coefficient (Wildman–Crippen LogP) is 3.16. The zero-order valence-electron chi connectivity index (χ0n) is 17.9. The van der Waals surface area contributed by atoms with Crippen molar-refractivity contribution < 1.29 is 19.1 Å². The van der Waals surface area contributed by atoms with E-state index in [1.807, 2.05) is 4.90 Å². The van der Waals surface area contributed by atoms with Gasteiger partial charge in [-0.25, -0.2) is 4.79 Å². The minimum Gasteiger partial charge on any atom is -0.492 e. The van der Waals surface area contributed by atoms with Crippen LogP contribution >= 0.6 is 11.6 Å². The number of Topliss-reactive ketones (excluding diaryl/α,β-unsaturated/α-hetero) is 1. The second kappa shape index (κ2) is 11.0. The van der Waals surface area contributed by atoms with E-state index in [2.05, 4.69) is 11.8 Å². The number of ketones is 1. The van der Waals surface area contributed by atoms with Gasteiger partial charge in [0.2, 0.25) is 0 Å². The Kier molecular flexibility index (Phi) is 8.36. The van der Waals surface area contributed by atoms with Crippen LogP contribution in [-0.2, 0) is 4.74 Å². The van der Waals surface area contributed by atoms with Crippen LogP contribution in [0.4, 0.5) is 4.79 Å². The summed E-state index contributed by atoms with van der Waals surface area (Å²) in [5, 5.41) is 0.464. The number of ether oxygens (including phenoxy) is 2. The molecule has 0 aliphatic carbocycles. The number of methoxy groups -OCH3 is 1. The van der Waals surface area contributed by atoms with Crippen molar-refractivity contribution in [3.8, 4) is 5.75 Å². The topological polar surface area (TPSA) is 62.3 Å². The number of nitrogens with zero attached hydrogens (tertiary/aromatic N) is 3. The molecule has 1 atom stereocenters. The van der Waals surface area contributed by atoms with Gasteiger partial charge in [-0.05, 0) is 50.9 Å². The summed E-state index contributed by atoms with van der Waals surface area (Å²) in [5.74, 6) is 0.632. The van der Waals surface area contributed by atoms with Crippen LogP contribution in [0.2, 0.25) is 5.02 Å². The van der Waals surface area contributed by atoms with Crippen LogP contribution in [-0.4, -0.2) is 92.1 Å². The summed E-state index contributed by atoms with van der Waals surface area (Å²) in [5.41, 5.74) is 0.577. The Balaban J connectivity index is 1.43. The van der Waals surface area contributed by atoms with E-state index >= 15 is 0 Å². The van der Waals surface area contributed by atoms with Gasteiger partial charge in [-0.2, -0.15) is 0 Å². The van der Waals surface area contributed by atoms with Crippen LogP contribution in [0.1, 0.15) is 36.5 Å². The fraction of sp³-hybridized carbons (Fsp3) is 0.636. The summed E-state index contributed by atoms with van der Waals surface area (Å²) in [6, 6.07) is 5.91. The molecule has 1 aromatic carbocycles. The smallest absolute Gasteiger partial charge is 0.409 e. The molecule has 2 heterocycles. The second-order valence-corrected chi connectivity index (χ2v) is 8.44. The lowest BCUT2D eigenvalue weighted by atomic mass is 10.1. The third kappa shape index (κ3) is 6.09. The minimum atomic E-state index is -0.321. The van der Waals surface area contributed by atoms with Crippen molar-refractivity contribution in [3.05, 3.63) is 28.8 Å². The SMILES string of the molecule is COC(=O)N1CCN(CC(=O)c2ccc(OCCCN3CCC[C@H]3C)c(Cl)c2)CC1.